The molecule has 0 radical (unpaired) electrons. The number of hydrogen-bond donors (Lipinski definition) is 2. The van der Waals surface area contributed by atoms with Crippen LogP contribution in [0, 0.1) is 11.6 Å². The van der Waals surface area contributed by atoms with Gasteiger partial charge in [-0.15, -0.1) is 0 Å². The van der Waals surface area contributed by atoms with Crippen LogP contribution >= 0.6 is 0 Å². The van der Waals surface area contributed by atoms with Crippen molar-refractivity contribution >= 4 is 17.5 Å². The van der Waals surface area contributed by atoms with Gasteiger partial charge < -0.3 is 15.2 Å². The smallest absolute Gasteiger partial charge is 0.271 e. The second-order valence-corrected chi connectivity index (χ2v) is 7.37. The van der Waals surface area contributed by atoms with E-state index >= 15 is 0 Å². The van der Waals surface area contributed by atoms with E-state index in [2.05, 4.69) is 15.6 Å². The molecule has 0 atom stereocenters. The van der Waals surface area contributed by atoms with Gasteiger partial charge in [-0.1, -0.05) is 36.4 Å². The van der Waals surface area contributed by atoms with Gasteiger partial charge in [0.1, 0.15) is 17.3 Å². The van der Waals surface area contributed by atoms with Crippen LogP contribution in [0.15, 0.2) is 85.3 Å². The lowest BCUT2D eigenvalue weighted by molar-refractivity contribution is 0.0945. The van der Waals surface area contributed by atoms with E-state index in [1.165, 1.54) is 30.3 Å². The number of rotatable bonds is 7. The summed E-state index contributed by atoms with van der Waals surface area (Å²) in [5, 5.41) is 5.42. The van der Waals surface area contributed by atoms with Gasteiger partial charge in [-0.3, -0.25) is 9.59 Å². The Morgan fingerprint density at radius 1 is 0.848 bits per heavy atom. The molecule has 1 aromatic heterocycles. The summed E-state index contributed by atoms with van der Waals surface area (Å²) in [6.45, 7) is 0.742. The van der Waals surface area contributed by atoms with Crippen LogP contribution in [-0.4, -0.2) is 21.4 Å². The molecule has 3 aromatic carbocycles. The number of hydrogen-bond acceptors (Lipinski definition) is 3. The molecule has 6 nitrogen and oxygen atoms in total. The molecule has 0 spiro atoms. The Morgan fingerprint density at radius 2 is 1.55 bits per heavy atom. The van der Waals surface area contributed by atoms with Crippen molar-refractivity contribution in [3.05, 3.63) is 119 Å². The second kappa shape index (κ2) is 9.86. The molecule has 33 heavy (non-hydrogen) atoms. The molecule has 0 aliphatic carbocycles. The number of aromatic nitrogens is 2. The fourth-order valence-electron chi connectivity index (χ4n) is 3.19. The third-order valence-corrected chi connectivity index (χ3v) is 4.93. The molecule has 166 valence electrons. The van der Waals surface area contributed by atoms with Crippen LogP contribution in [0.3, 0.4) is 0 Å². The summed E-state index contributed by atoms with van der Waals surface area (Å²) >= 11 is 0. The molecule has 0 bridgehead atoms. The quantitative estimate of drug-likeness (QED) is 0.442. The third-order valence-electron chi connectivity index (χ3n) is 4.93. The highest BCUT2D eigenvalue weighted by molar-refractivity contribution is 6.04. The van der Waals surface area contributed by atoms with Gasteiger partial charge >= 0.3 is 0 Å². The van der Waals surface area contributed by atoms with Crippen LogP contribution in [0.1, 0.15) is 32.0 Å². The number of imidazole rings is 1. The average molecular weight is 446 g/mol. The van der Waals surface area contributed by atoms with E-state index in [0.717, 1.165) is 11.1 Å². The Labute approximate surface area is 188 Å². The molecule has 0 saturated carbocycles. The van der Waals surface area contributed by atoms with E-state index in [0.29, 0.717) is 12.2 Å². The van der Waals surface area contributed by atoms with Crippen molar-refractivity contribution in [3.8, 4) is 0 Å². The molecule has 2 amide bonds. The Balaban J connectivity index is 1.32. The Morgan fingerprint density at radius 3 is 2.27 bits per heavy atom. The van der Waals surface area contributed by atoms with Crippen molar-refractivity contribution in [1.29, 1.82) is 0 Å². The number of carbonyl (C=O) groups is 2. The maximum Gasteiger partial charge on any atom is 0.271 e. The molecular formula is C25H20F2N4O2. The topological polar surface area (TPSA) is 76.0 Å². The summed E-state index contributed by atoms with van der Waals surface area (Å²) in [5.41, 5.74) is 2.50. The first kappa shape index (κ1) is 21.9. The van der Waals surface area contributed by atoms with Gasteiger partial charge in [-0.05, 0) is 47.5 Å². The summed E-state index contributed by atoms with van der Waals surface area (Å²) in [6.07, 6.45) is 3.19. The molecular weight excluding hydrogens is 426 g/mol. The summed E-state index contributed by atoms with van der Waals surface area (Å²) in [5.74, 6) is -1.76. The van der Waals surface area contributed by atoms with Crippen LogP contribution in [0.2, 0.25) is 0 Å². The van der Waals surface area contributed by atoms with Gasteiger partial charge in [0.15, 0.2) is 0 Å². The molecule has 8 heteroatoms. The molecule has 4 aromatic rings. The highest BCUT2D eigenvalue weighted by Gasteiger charge is 2.12. The fourth-order valence-corrected chi connectivity index (χ4v) is 3.19. The van der Waals surface area contributed by atoms with E-state index in [4.69, 9.17) is 0 Å². The normalized spacial score (nSPS) is 10.6. The minimum atomic E-state index is -0.579. The number of halogens is 2. The molecule has 4 rings (SSSR count). The van der Waals surface area contributed by atoms with Crippen LogP contribution in [0.5, 0.6) is 0 Å². The summed E-state index contributed by atoms with van der Waals surface area (Å²) < 4.78 is 28.5. The zero-order chi connectivity index (χ0) is 23.2. The van der Waals surface area contributed by atoms with Crippen LogP contribution in [-0.2, 0) is 13.1 Å². The van der Waals surface area contributed by atoms with Crippen LogP contribution in [0.25, 0.3) is 0 Å². The second-order valence-electron chi connectivity index (χ2n) is 7.37. The average Bonchev–Trinajstić information content (AvgIpc) is 3.28. The fraction of sp³-hybridized carbons (Fsp3) is 0.0800. The minimum absolute atomic E-state index is 0.0229. The number of benzene rings is 3. The lowest BCUT2D eigenvalue weighted by Gasteiger charge is -2.08. The number of amides is 2. The Bertz CT molecular complexity index is 1270. The van der Waals surface area contributed by atoms with Crippen molar-refractivity contribution < 1.29 is 18.4 Å². The molecule has 0 saturated heterocycles. The van der Waals surface area contributed by atoms with Gasteiger partial charge in [0.25, 0.3) is 11.8 Å². The molecule has 0 aliphatic heterocycles. The monoisotopic (exact) mass is 446 g/mol. The van der Waals surface area contributed by atoms with Crippen molar-refractivity contribution in [2.75, 3.05) is 5.32 Å². The largest absolute Gasteiger partial charge is 0.347 e. The van der Waals surface area contributed by atoms with Crippen LogP contribution in [0.4, 0.5) is 14.5 Å². The van der Waals surface area contributed by atoms with Gasteiger partial charge in [-0.25, -0.2) is 13.8 Å². The lowest BCUT2D eigenvalue weighted by atomic mass is 10.1. The molecule has 2 N–H and O–H groups in total. The summed E-state index contributed by atoms with van der Waals surface area (Å²) in [7, 11) is 0. The molecule has 0 unspecified atom stereocenters. The zero-order valence-electron chi connectivity index (χ0n) is 17.5. The van der Waals surface area contributed by atoms with Gasteiger partial charge in [0, 0.05) is 25.0 Å². The maximum absolute atomic E-state index is 13.7. The maximum atomic E-state index is 13.7. The minimum Gasteiger partial charge on any atom is -0.347 e. The predicted octanol–water partition coefficient (Wildman–Crippen LogP) is 4.39. The van der Waals surface area contributed by atoms with Gasteiger partial charge in [-0.2, -0.15) is 0 Å². The first-order valence-corrected chi connectivity index (χ1v) is 10.2. The standard InChI is InChI=1S/C25H20F2N4O2/c26-19-9-5-17(6-10-19)13-28-25(33)23-15-31(16-29-23)14-18-7-11-20(12-8-18)30-24(32)21-3-1-2-4-22(21)27/h1-12,15-16H,13-14H2,(H,28,33)(H,30,32). The molecule has 0 fully saturated rings. The number of anilines is 1. The number of carbonyl (C=O) groups excluding carboxylic acids is 2. The van der Waals surface area contributed by atoms with E-state index in [1.807, 2.05) is 12.1 Å². The molecule has 0 aliphatic rings. The third kappa shape index (κ3) is 5.68. The van der Waals surface area contributed by atoms with Gasteiger partial charge in [0.2, 0.25) is 0 Å². The predicted molar refractivity (Wildman–Crippen MR) is 120 cm³/mol. The molecule has 1 heterocycles. The van der Waals surface area contributed by atoms with Crippen molar-refractivity contribution in [1.82, 2.24) is 14.9 Å². The van der Waals surface area contributed by atoms with E-state index in [9.17, 15) is 18.4 Å². The summed E-state index contributed by atoms with van der Waals surface area (Å²) in [4.78, 5) is 28.7. The highest BCUT2D eigenvalue weighted by Crippen LogP contribution is 2.14. The highest BCUT2D eigenvalue weighted by atomic mass is 19.1. The van der Waals surface area contributed by atoms with Crippen molar-refractivity contribution in [2.45, 2.75) is 13.1 Å². The van der Waals surface area contributed by atoms with Crippen LogP contribution < -0.4 is 10.6 Å². The lowest BCUT2D eigenvalue weighted by Crippen LogP contribution is -2.23. The van der Waals surface area contributed by atoms with Gasteiger partial charge in [0.05, 0.1) is 11.9 Å². The Hall–Kier alpha value is -4.33. The van der Waals surface area contributed by atoms with Crippen molar-refractivity contribution in [2.24, 2.45) is 0 Å². The van der Waals surface area contributed by atoms with E-state index in [-0.39, 0.29) is 29.5 Å². The number of nitrogens with zero attached hydrogens (tertiary/aromatic N) is 2. The number of nitrogens with one attached hydrogen (secondary N) is 2. The first-order valence-electron chi connectivity index (χ1n) is 10.2. The first-order chi connectivity index (χ1) is 16.0. The Kier molecular flexibility index (Phi) is 6.54. The summed E-state index contributed by atoms with van der Waals surface area (Å²) in [6, 6.07) is 18.8. The van der Waals surface area contributed by atoms with E-state index < -0.39 is 11.7 Å². The zero-order valence-corrected chi connectivity index (χ0v) is 17.5. The SMILES string of the molecule is O=C(NCc1ccc(F)cc1)c1cn(Cc2ccc(NC(=O)c3ccccc3F)cc2)cn1. The van der Waals surface area contributed by atoms with E-state index in [1.54, 1.807) is 47.4 Å². The van der Waals surface area contributed by atoms with Crippen molar-refractivity contribution in [3.63, 3.8) is 0 Å².